The third kappa shape index (κ3) is 2.76. The Morgan fingerprint density at radius 2 is 2.19 bits per heavy atom. The predicted molar refractivity (Wildman–Crippen MR) is 57.8 cm³/mol. The van der Waals surface area contributed by atoms with E-state index in [2.05, 4.69) is 20.7 Å². The molecule has 1 atom stereocenters. The van der Waals surface area contributed by atoms with Crippen LogP contribution in [0, 0.1) is 11.6 Å². The number of ether oxygens (including phenoxy) is 1. The van der Waals surface area contributed by atoms with Crippen molar-refractivity contribution < 1.29 is 18.3 Å². The molecule has 0 aromatic heterocycles. The molecule has 1 unspecified atom stereocenters. The lowest BCUT2D eigenvalue weighted by Gasteiger charge is -2.11. The summed E-state index contributed by atoms with van der Waals surface area (Å²) in [6.45, 7) is 0. The van der Waals surface area contributed by atoms with Gasteiger partial charge in [-0.25, -0.2) is 8.78 Å². The summed E-state index contributed by atoms with van der Waals surface area (Å²) in [4.78, 5) is 11.0. The van der Waals surface area contributed by atoms with Gasteiger partial charge in [-0.3, -0.25) is 4.79 Å². The molecule has 2 N–H and O–H groups in total. The van der Waals surface area contributed by atoms with Crippen LogP contribution in [0.3, 0.4) is 0 Å². The molecule has 1 aromatic rings. The van der Waals surface area contributed by atoms with Crippen LogP contribution in [0.25, 0.3) is 0 Å². The van der Waals surface area contributed by atoms with Crippen molar-refractivity contribution in [3.63, 3.8) is 0 Å². The second-order valence-electron chi connectivity index (χ2n) is 3.16. The molecule has 0 spiro atoms. The minimum Gasteiger partial charge on any atom is -0.468 e. The van der Waals surface area contributed by atoms with Gasteiger partial charge in [-0.15, -0.1) is 0 Å². The van der Waals surface area contributed by atoms with Crippen LogP contribution in [0.5, 0.6) is 0 Å². The minimum absolute atomic E-state index is 0.126. The molecular formula is C10H10BrF2NO2. The van der Waals surface area contributed by atoms with Crippen molar-refractivity contribution >= 4 is 21.9 Å². The smallest absolute Gasteiger partial charge is 0.322 e. The van der Waals surface area contributed by atoms with E-state index < -0.39 is 23.6 Å². The van der Waals surface area contributed by atoms with Crippen molar-refractivity contribution in [2.45, 2.75) is 12.5 Å². The van der Waals surface area contributed by atoms with E-state index >= 15 is 0 Å². The second kappa shape index (κ2) is 5.36. The van der Waals surface area contributed by atoms with Gasteiger partial charge in [-0.1, -0.05) is 0 Å². The molecular weight excluding hydrogens is 284 g/mol. The van der Waals surface area contributed by atoms with Gasteiger partial charge in [0.25, 0.3) is 0 Å². The molecule has 0 saturated heterocycles. The summed E-state index contributed by atoms with van der Waals surface area (Å²) >= 11 is 2.93. The Labute approximate surface area is 99.7 Å². The Morgan fingerprint density at radius 3 is 2.75 bits per heavy atom. The third-order valence-corrected chi connectivity index (χ3v) is 2.68. The van der Waals surface area contributed by atoms with Crippen molar-refractivity contribution in [2.24, 2.45) is 5.73 Å². The SMILES string of the molecule is COC(=O)C(N)Cc1c(F)ccc(Br)c1F. The van der Waals surface area contributed by atoms with Crippen LogP contribution in [0.2, 0.25) is 0 Å². The molecule has 0 heterocycles. The monoisotopic (exact) mass is 293 g/mol. The lowest BCUT2D eigenvalue weighted by Crippen LogP contribution is -2.34. The number of esters is 1. The van der Waals surface area contributed by atoms with E-state index in [1.165, 1.54) is 6.07 Å². The Hall–Kier alpha value is -1.01. The van der Waals surface area contributed by atoms with Gasteiger partial charge in [-0.2, -0.15) is 0 Å². The number of methoxy groups -OCH3 is 1. The molecule has 3 nitrogen and oxygen atoms in total. The van der Waals surface area contributed by atoms with E-state index in [1.807, 2.05) is 0 Å². The number of hydrogen-bond acceptors (Lipinski definition) is 3. The van der Waals surface area contributed by atoms with Gasteiger partial charge >= 0.3 is 5.97 Å². The highest BCUT2D eigenvalue weighted by Gasteiger charge is 2.20. The quantitative estimate of drug-likeness (QED) is 0.683. The molecule has 0 amide bonds. The molecule has 0 bridgehead atoms. The number of hydrogen-bond donors (Lipinski definition) is 1. The topological polar surface area (TPSA) is 52.3 Å². The highest BCUT2D eigenvalue weighted by Crippen LogP contribution is 2.22. The summed E-state index contributed by atoms with van der Waals surface area (Å²) in [7, 11) is 1.16. The maximum atomic E-state index is 13.5. The fourth-order valence-electron chi connectivity index (χ4n) is 1.21. The van der Waals surface area contributed by atoms with E-state index in [0.717, 1.165) is 13.2 Å². The second-order valence-corrected chi connectivity index (χ2v) is 4.01. The zero-order valence-corrected chi connectivity index (χ0v) is 10.1. The minimum atomic E-state index is -1.08. The Morgan fingerprint density at radius 1 is 1.56 bits per heavy atom. The van der Waals surface area contributed by atoms with Gasteiger partial charge in [0.05, 0.1) is 11.6 Å². The first-order valence-electron chi connectivity index (χ1n) is 4.43. The molecule has 16 heavy (non-hydrogen) atoms. The lowest BCUT2D eigenvalue weighted by atomic mass is 10.1. The predicted octanol–water partition coefficient (Wildman–Crippen LogP) is 1.77. The van der Waals surface area contributed by atoms with Crippen LogP contribution >= 0.6 is 15.9 Å². The molecule has 0 saturated carbocycles. The van der Waals surface area contributed by atoms with Gasteiger partial charge in [0.15, 0.2) is 0 Å². The normalized spacial score (nSPS) is 12.3. The zero-order chi connectivity index (χ0) is 12.3. The van der Waals surface area contributed by atoms with E-state index in [-0.39, 0.29) is 16.5 Å². The summed E-state index contributed by atoms with van der Waals surface area (Å²) in [6.07, 6.45) is -0.246. The standard InChI is InChI=1S/C10H10BrF2NO2/c1-16-10(15)8(14)4-5-7(12)3-2-6(11)9(5)13/h2-3,8H,4,14H2,1H3. The van der Waals surface area contributed by atoms with Crippen LogP contribution in [0.1, 0.15) is 5.56 Å². The van der Waals surface area contributed by atoms with Crippen molar-refractivity contribution in [2.75, 3.05) is 7.11 Å². The number of rotatable bonds is 3. The van der Waals surface area contributed by atoms with Crippen molar-refractivity contribution in [1.82, 2.24) is 0 Å². The first-order valence-corrected chi connectivity index (χ1v) is 5.22. The van der Waals surface area contributed by atoms with E-state index in [9.17, 15) is 13.6 Å². The Kier molecular flexibility index (Phi) is 4.37. The number of halogens is 3. The first-order chi connectivity index (χ1) is 7.47. The molecule has 6 heteroatoms. The molecule has 0 fully saturated rings. The Balaban J connectivity index is 2.97. The van der Waals surface area contributed by atoms with Crippen LogP contribution < -0.4 is 5.73 Å². The highest BCUT2D eigenvalue weighted by atomic mass is 79.9. The number of benzene rings is 1. The molecule has 1 rings (SSSR count). The molecule has 0 aliphatic carbocycles. The molecule has 0 radical (unpaired) electrons. The maximum absolute atomic E-state index is 13.5. The first kappa shape index (κ1) is 13.1. The fourth-order valence-corrected chi connectivity index (χ4v) is 1.58. The molecule has 1 aromatic carbocycles. The number of carbonyl (C=O) groups excluding carboxylic acids is 1. The van der Waals surface area contributed by atoms with Gasteiger partial charge < -0.3 is 10.5 Å². The summed E-state index contributed by atoms with van der Waals surface area (Å²) in [5.41, 5.74) is 5.20. The number of nitrogens with two attached hydrogens (primary N) is 1. The zero-order valence-electron chi connectivity index (χ0n) is 8.47. The van der Waals surface area contributed by atoms with Crippen LogP contribution in [0.15, 0.2) is 16.6 Å². The summed E-state index contributed by atoms with van der Waals surface area (Å²) in [6, 6.07) is 1.27. The summed E-state index contributed by atoms with van der Waals surface area (Å²) in [5.74, 6) is -2.20. The van der Waals surface area contributed by atoms with E-state index in [0.29, 0.717) is 0 Å². The molecule has 88 valence electrons. The largest absolute Gasteiger partial charge is 0.468 e. The number of carbonyl (C=O) groups is 1. The summed E-state index contributed by atoms with van der Waals surface area (Å²) < 4.78 is 31.3. The maximum Gasteiger partial charge on any atom is 0.322 e. The van der Waals surface area contributed by atoms with Crippen LogP contribution in [0.4, 0.5) is 8.78 Å². The highest BCUT2D eigenvalue weighted by molar-refractivity contribution is 9.10. The van der Waals surface area contributed by atoms with Crippen LogP contribution in [-0.4, -0.2) is 19.1 Å². The van der Waals surface area contributed by atoms with Gasteiger partial charge in [-0.05, 0) is 28.1 Å². The van der Waals surface area contributed by atoms with Crippen LogP contribution in [-0.2, 0) is 16.0 Å². The Bertz CT molecular complexity index is 412. The van der Waals surface area contributed by atoms with Crippen molar-refractivity contribution in [3.8, 4) is 0 Å². The van der Waals surface area contributed by atoms with E-state index in [1.54, 1.807) is 0 Å². The van der Waals surface area contributed by atoms with Crippen molar-refractivity contribution in [1.29, 1.82) is 0 Å². The molecule has 0 aliphatic rings. The fraction of sp³-hybridized carbons (Fsp3) is 0.300. The van der Waals surface area contributed by atoms with E-state index in [4.69, 9.17) is 5.73 Å². The average molecular weight is 294 g/mol. The van der Waals surface area contributed by atoms with Gasteiger partial charge in [0.2, 0.25) is 0 Å². The van der Waals surface area contributed by atoms with Gasteiger partial charge in [0, 0.05) is 12.0 Å². The lowest BCUT2D eigenvalue weighted by molar-refractivity contribution is -0.142. The summed E-state index contributed by atoms with van der Waals surface area (Å²) in [5, 5.41) is 0. The molecule has 0 aliphatic heterocycles. The van der Waals surface area contributed by atoms with Crippen molar-refractivity contribution in [3.05, 3.63) is 33.8 Å². The van der Waals surface area contributed by atoms with Gasteiger partial charge in [0.1, 0.15) is 17.7 Å². The average Bonchev–Trinajstić information content (AvgIpc) is 2.28. The third-order valence-electron chi connectivity index (χ3n) is 2.07.